The highest BCUT2D eigenvalue weighted by atomic mass is 16.8. The Hall–Kier alpha value is -3.80. The summed E-state index contributed by atoms with van der Waals surface area (Å²) in [6.45, 7) is 6.42. The normalized spacial score (nSPS) is 10.9. The summed E-state index contributed by atoms with van der Waals surface area (Å²) < 4.78 is 11.2. The first-order chi connectivity index (χ1) is 15.2. The number of amides is 1. The molecule has 6 nitrogen and oxygen atoms in total. The fourth-order valence-corrected chi connectivity index (χ4v) is 2.92. The molecule has 0 aliphatic carbocycles. The van der Waals surface area contributed by atoms with Crippen LogP contribution in [0.25, 0.3) is 0 Å². The molecule has 0 heterocycles. The number of ether oxygens (including phenoxy) is 2. The average Bonchev–Trinajstić information content (AvgIpc) is 2.73. The molecule has 0 fully saturated rings. The topological polar surface area (TPSA) is 65.1 Å². The largest absolute Gasteiger partial charge is 0.457 e. The first-order valence-electron chi connectivity index (χ1n) is 10.3. The van der Waals surface area contributed by atoms with Crippen LogP contribution < -0.4 is 9.80 Å². The maximum absolute atomic E-state index is 12.4. The molecule has 0 bridgehead atoms. The molecule has 0 radical (unpaired) electrons. The number of benzene rings is 3. The molecule has 0 saturated heterocycles. The number of hydroxylamine groups is 1. The molecular formula is C26H27NO5. The van der Waals surface area contributed by atoms with Gasteiger partial charge < -0.3 is 14.3 Å². The van der Waals surface area contributed by atoms with Gasteiger partial charge in [-0.1, -0.05) is 42.5 Å². The van der Waals surface area contributed by atoms with Crippen molar-refractivity contribution in [1.82, 2.24) is 0 Å². The minimum Gasteiger partial charge on any atom is -0.457 e. The summed E-state index contributed by atoms with van der Waals surface area (Å²) in [5.74, 6) is 0.641. The third-order valence-electron chi connectivity index (χ3n) is 4.26. The van der Waals surface area contributed by atoms with Crippen molar-refractivity contribution in [3.63, 3.8) is 0 Å². The van der Waals surface area contributed by atoms with E-state index in [0.29, 0.717) is 17.2 Å². The Morgan fingerprint density at radius 2 is 1.31 bits per heavy atom. The summed E-state index contributed by atoms with van der Waals surface area (Å²) in [6, 6.07) is 24.8. The monoisotopic (exact) mass is 433 g/mol. The Morgan fingerprint density at radius 3 is 1.84 bits per heavy atom. The molecule has 0 aliphatic rings. The molecule has 3 aromatic carbocycles. The summed E-state index contributed by atoms with van der Waals surface area (Å²) in [4.78, 5) is 28.9. The number of anilines is 1. The predicted molar refractivity (Wildman–Crippen MR) is 123 cm³/mol. The fourth-order valence-electron chi connectivity index (χ4n) is 2.92. The SMILES string of the molecule is CC(=O)ON(C(=O)OC(C)(C)C)c1ccc(Oc2ccc(Cc3ccccc3)cc2)cc1. The van der Waals surface area contributed by atoms with Crippen LogP contribution in [-0.4, -0.2) is 17.7 Å². The summed E-state index contributed by atoms with van der Waals surface area (Å²) in [6.07, 6.45) is 0.0716. The second kappa shape index (κ2) is 10.0. The third kappa shape index (κ3) is 6.87. The molecular weight excluding hydrogens is 406 g/mol. The number of hydrogen-bond donors (Lipinski definition) is 0. The maximum Gasteiger partial charge on any atom is 0.448 e. The Labute approximate surface area is 188 Å². The molecule has 0 aromatic heterocycles. The van der Waals surface area contributed by atoms with Gasteiger partial charge in [-0.2, -0.15) is 0 Å². The van der Waals surface area contributed by atoms with Gasteiger partial charge >= 0.3 is 12.1 Å². The number of carbonyl (C=O) groups is 2. The summed E-state index contributed by atoms with van der Waals surface area (Å²) in [7, 11) is 0. The number of hydrogen-bond acceptors (Lipinski definition) is 5. The second-order valence-electron chi connectivity index (χ2n) is 8.26. The lowest BCUT2D eigenvalue weighted by Crippen LogP contribution is -2.38. The molecule has 0 atom stereocenters. The van der Waals surface area contributed by atoms with Gasteiger partial charge in [0.25, 0.3) is 0 Å². The maximum atomic E-state index is 12.4. The zero-order chi connectivity index (χ0) is 23.1. The van der Waals surface area contributed by atoms with Crippen molar-refractivity contribution in [3.8, 4) is 11.5 Å². The van der Waals surface area contributed by atoms with Gasteiger partial charge in [-0.05, 0) is 74.7 Å². The Bertz CT molecular complexity index is 1040. The number of nitrogens with zero attached hydrogens (tertiary/aromatic N) is 1. The quantitative estimate of drug-likeness (QED) is 0.443. The van der Waals surface area contributed by atoms with Gasteiger partial charge in [-0.25, -0.2) is 9.59 Å². The molecule has 0 saturated carbocycles. The highest BCUT2D eigenvalue weighted by Crippen LogP contribution is 2.26. The van der Waals surface area contributed by atoms with Crippen molar-refractivity contribution in [2.75, 3.05) is 5.06 Å². The van der Waals surface area contributed by atoms with Gasteiger partial charge in [0.2, 0.25) is 0 Å². The van der Waals surface area contributed by atoms with E-state index in [1.165, 1.54) is 18.1 Å². The fraction of sp³-hybridized carbons (Fsp3) is 0.231. The molecule has 0 spiro atoms. The lowest BCUT2D eigenvalue weighted by molar-refractivity contribution is -0.142. The molecule has 6 heteroatoms. The molecule has 3 rings (SSSR count). The van der Waals surface area contributed by atoms with Crippen LogP contribution in [0.3, 0.4) is 0 Å². The average molecular weight is 434 g/mol. The number of carbonyl (C=O) groups excluding carboxylic acids is 2. The minimum absolute atomic E-state index is 0.347. The van der Waals surface area contributed by atoms with Gasteiger partial charge in [-0.15, -0.1) is 5.06 Å². The van der Waals surface area contributed by atoms with Crippen LogP contribution in [0.2, 0.25) is 0 Å². The van der Waals surface area contributed by atoms with Crippen LogP contribution in [-0.2, 0) is 20.8 Å². The molecule has 166 valence electrons. The lowest BCUT2D eigenvalue weighted by atomic mass is 10.1. The van der Waals surface area contributed by atoms with E-state index in [2.05, 4.69) is 12.1 Å². The molecule has 0 unspecified atom stereocenters. The Kier molecular flexibility index (Phi) is 7.15. The van der Waals surface area contributed by atoms with Crippen molar-refractivity contribution in [2.45, 2.75) is 39.7 Å². The summed E-state index contributed by atoms with van der Waals surface area (Å²) in [5.41, 5.74) is 2.05. The highest BCUT2D eigenvalue weighted by molar-refractivity contribution is 5.88. The smallest absolute Gasteiger partial charge is 0.448 e. The molecule has 0 aliphatic heterocycles. The van der Waals surface area contributed by atoms with Gasteiger partial charge in [0.15, 0.2) is 0 Å². The van der Waals surface area contributed by atoms with E-state index in [-0.39, 0.29) is 0 Å². The highest BCUT2D eigenvalue weighted by Gasteiger charge is 2.26. The standard InChI is InChI=1S/C26H27NO5/c1-19(28)32-27(25(29)31-26(2,3)4)22-12-16-24(17-13-22)30-23-14-10-21(11-15-23)18-20-8-6-5-7-9-20/h5-17H,18H2,1-4H3. The van der Waals surface area contributed by atoms with Gasteiger partial charge in [-0.3, -0.25) is 0 Å². The first-order valence-corrected chi connectivity index (χ1v) is 10.3. The Morgan fingerprint density at radius 1 is 0.781 bits per heavy atom. The van der Waals surface area contributed by atoms with Crippen LogP contribution in [0.15, 0.2) is 78.9 Å². The van der Waals surface area contributed by atoms with Crippen LogP contribution >= 0.6 is 0 Å². The van der Waals surface area contributed by atoms with E-state index >= 15 is 0 Å². The molecule has 0 N–H and O–H groups in total. The van der Waals surface area contributed by atoms with Crippen molar-refractivity contribution < 1.29 is 23.9 Å². The van der Waals surface area contributed by atoms with E-state index in [1.807, 2.05) is 42.5 Å². The second-order valence-corrected chi connectivity index (χ2v) is 8.26. The molecule has 32 heavy (non-hydrogen) atoms. The van der Waals surface area contributed by atoms with Crippen molar-refractivity contribution in [1.29, 1.82) is 0 Å². The van der Waals surface area contributed by atoms with Gasteiger partial charge in [0.05, 0.1) is 5.69 Å². The summed E-state index contributed by atoms with van der Waals surface area (Å²) >= 11 is 0. The molecule has 1 amide bonds. The van der Waals surface area contributed by atoms with E-state index in [9.17, 15) is 9.59 Å². The van der Waals surface area contributed by atoms with Crippen molar-refractivity contribution in [2.24, 2.45) is 0 Å². The molecule has 3 aromatic rings. The Balaban J connectivity index is 1.67. The summed E-state index contributed by atoms with van der Waals surface area (Å²) in [5, 5.41) is 0.829. The van der Waals surface area contributed by atoms with Crippen LogP contribution in [0.1, 0.15) is 38.8 Å². The van der Waals surface area contributed by atoms with Crippen molar-refractivity contribution >= 4 is 17.7 Å². The van der Waals surface area contributed by atoms with Crippen LogP contribution in [0.5, 0.6) is 11.5 Å². The zero-order valence-corrected chi connectivity index (χ0v) is 18.7. The van der Waals surface area contributed by atoms with Crippen molar-refractivity contribution in [3.05, 3.63) is 90.0 Å². The van der Waals surface area contributed by atoms with Crippen LogP contribution in [0, 0.1) is 0 Å². The number of rotatable bonds is 5. The van der Waals surface area contributed by atoms with E-state index in [4.69, 9.17) is 14.3 Å². The van der Waals surface area contributed by atoms with Gasteiger partial charge in [0, 0.05) is 6.92 Å². The predicted octanol–water partition coefficient (Wildman–Crippen LogP) is 6.29. The zero-order valence-electron chi connectivity index (χ0n) is 18.7. The first kappa shape index (κ1) is 22.9. The lowest BCUT2D eigenvalue weighted by Gasteiger charge is -2.25. The van der Waals surface area contributed by atoms with Crippen LogP contribution in [0.4, 0.5) is 10.5 Å². The van der Waals surface area contributed by atoms with Gasteiger partial charge in [0.1, 0.15) is 17.1 Å². The van der Waals surface area contributed by atoms with E-state index in [1.54, 1.807) is 45.0 Å². The van der Waals surface area contributed by atoms with E-state index in [0.717, 1.165) is 11.5 Å². The minimum atomic E-state index is -0.782. The van der Waals surface area contributed by atoms with E-state index < -0.39 is 17.7 Å². The third-order valence-corrected chi connectivity index (χ3v) is 4.26.